The van der Waals surface area contributed by atoms with E-state index in [1.807, 2.05) is 42.6 Å². The van der Waals surface area contributed by atoms with Gasteiger partial charge >= 0.3 is 5.97 Å². The van der Waals surface area contributed by atoms with Gasteiger partial charge in [-0.05, 0) is 12.1 Å². The molecule has 0 unspecified atom stereocenters. The summed E-state index contributed by atoms with van der Waals surface area (Å²) in [5.41, 5.74) is 2.36. The summed E-state index contributed by atoms with van der Waals surface area (Å²) >= 11 is 0. The predicted octanol–water partition coefficient (Wildman–Crippen LogP) is 2.74. The van der Waals surface area contributed by atoms with Crippen LogP contribution in [0.25, 0.3) is 16.9 Å². The third kappa shape index (κ3) is 1.89. The molecule has 0 radical (unpaired) electrons. The molecule has 0 aliphatic carbocycles. The number of nitrogens with one attached hydrogen (secondary N) is 1. The van der Waals surface area contributed by atoms with Gasteiger partial charge in [-0.25, -0.2) is 9.78 Å². The van der Waals surface area contributed by atoms with E-state index < -0.39 is 5.97 Å². The molecule has 3 aromatic rings. The first kappa shape index (κ1) is 12.2. The van der Waals surface area contributed by atoms with Gasteiger partial charge in [0, 0.05) is 24.5 Å². The maximum absolute atomic E-state index is 11.4. The Morgan fingerprint density at radius 1 is 1.25 bits per heavy atom. The third-order valence-electron chi connectivity index (χ3n) is 3.17. The lowest BCUT2D eigenvalue weighted by molar-refractivity contribution is 0.0693. The lowest BCUT2D eigenvalue weighted by atomic mass is 10.2. The maximum Gasteiger partial charge on any atom is 0.356 e. The highest BCUT2D eigenvalue weighted by Gasteiger charge is 2.17. The normalized spacial score (nSPS) is 10.7. The number of anilines is 1. The molecule has 0 aliphatic heterocycles. The summed E-state index contributed by atoms with van der Waals surface area (Å²) < 4.78 is 1.79. The minimum Gasteiger partial charge on any atom is -0.476 e. The van der Waals surface area contributed by atoms with Crippen molar-refractivity contribution in [2.24, 2.45) is 0 Å². The van der Waals surface area contributed by atoms with Gasteiger partial charge in [0.25, 0.3) is 0 Å². The Hall–Kier alpha value is -2.82. The van der Waals surface area contributed by atoms with Gasteiger partial charge in [0.15, 0.2) is 5.69 Å². The second kappa shape index (κ2) is 4.70. The van der Waals surface area contributed by atoms with Gasteiger partial charge in [-0.1, -0.05) is 30.3 Å². The first-order valence-electron chi connectivity index (χ1n) is 6.19. The van der Waals surface area contributed by atoms with Crippen LogP contribution in [0, 0.1) is 0 Å². The molecule has 2 heterocycles. The summed E-state index contributed by atoms with van der Waals surface area (Å²) in [6.07, 6.45) is 1.82. The minimum absolute atomic E-state index is 0.0564. The monoisotopic (exact) mass is 267 g/mol. The van der Waals surface area contributed by atoms with E-state index in [2.05, 4.69) is 10.3 Å². The van der Waals surface area contributed by atoms with Gasteiger partial charge < -0.3 is 10.4 Å². The Labute approximate surface area is 115 Å². The summed E-state index contributed by atoms with van der Waals surface area (Å²) in [4.78, 5) is 15.6. The first-order chi connectivity index (χ1) is 9.70. The van der Waals surface area contributed by atoms with E-state index in [0.29, 0.717) is 11.3 Å². The van der Waals surface area contributed by atoms with E-state index in [9.17, 15) is 9.90 Å². The molecule has 0 amide bonds. The van der Waals surface area contributed by atoms with Gasteiger partial charge in [0.05, 0.1) is 5.52 Å². The molecule has 0 saturated carbocycles. The average Bonchev–Trinajstić information content (AvgIpc) is 2.87. The molecule has 0 aliphatic rings. The molecule has 0 bridgehead atoms. The van der Waals surface area contributed by atoms with E-state index in [4.69, 9.17) is 0 Å². The van der Waals surface area contributed by atoms with Gasteiger partial charge in [-0.15, -0.1) is 0 Å². The van der Waals surface area contributed by atoms with Crippen LogP contribution < -0.4 is 5.32 Å². The standard InChI is InChI=1S/C15H13N3O2/c1-16-11-7-8-18-12(9-11)13(15(19)20)17-14(18)10-5-3-2-4-6-10/h2-9,16H,1H3,(H,19,20). The van der Waals surface area contributed by atoms with Crippen LogP contribution in [-0.2, 0) is 0 Å². The number of carboxylic acid groups (broad SMARTS) is 1. The number of rotatable bonds is 3. The zero-order chi connectivity index (χ0) is 14.1. The Balaban J connectivity index is 2.31. The first-order valence-corrected chi connectivity index (χ1v) is 6.19. The smallest absolute Gasteiger partial charge is 0.356 e. The molecule has 20 heavy (non-hydrogen) atoms. The zero-order valence-electron chi connectivity index (χ0n) is 10.9. The molecular formula is C15H13N3O2. The fraction of sp³-hybridized carbons (Fsp3) is 0.0667. The maximum atomic E-state index is 11.4. The number of benzene rings is 1. The second-order valence-corrected chi connectivity index (χ2v) is 4.38. The predicted molar refractivity (Wildman–Crippen MR) is 77.1 cm³/mol. The van der Waals surface area contributed by atoms with Crippen molar-refractivity contribution in [2.45, 2.75) is 0 Å². The summed E-state index contributed by atoms with van der Waals surface area (Å²) in [6, 6.07) is 13.2. The van der Waals surface area contributed by atoms with Crippen molar-refractivity contribution in [3.63, 3.8) is 0 Å². The van der Waals surface area contributed by atoms with Crippen LogP contribution in [0.15, 0.2) is 48.7 Å². The quantitative estimate of drug-likeness (QED) is 0.765. The second-order valence-electron chi connectivity index (χ2n) is 4.38. The largest absolute Gasteiger partial charge is 0.476 e. The minimum atomic E-state index is -1.03. The molecule has 2 N–H and O–H groups in total. The van der Waals surface area contributed by atoms with Gasteiger partial charge in [0.2, 0.25) is 0 Å². The molecule has 0 spiro atoms. The zero-order valence-corrected chi connectivity index (χ0v) is 10.9. The number of fused-ring (bicyclic) bond motifs is 1. The third-order valence-corrected chi connectivity index (χ3v) is 3.17. The molecule has 0 saturated heterocycles. The molecule has 0 fully saturated rings. The Morgan fingerprint density at radius 2 is 2.00 bits per heavy atom. The number of nitrogens with zero attached hydrogens (tertiary/aromatic N) is 2. The number of imidazole rings is 1. The Kier molecular flexibility index (Phi) is 2.87. The number of hydrogen-bond donors (Lipinski definition) is 2. The van der Waals surface area contributed by atoms with Crippen LogP contribution in [0.4, 0.5) is 5.69 Å². The average molecular weight is 267 g/mol. The highest BCUT2D eigenvalue weighted by Crippen LogP contribution is 2.24. The van der Waals surface area contributed by atoms with Crippen LogP contribution in [0.1, 0.15) is 10.5 Å². The Bertz CT molecular complexity index is 778. The SMILES string of the molecule is CNc1ccn2c(-c3ccccc3)nc(C(=O)O)c2c1. The van der Waals surface area contributed by atoms with Crippen LogP contribution in [0.2, 0.25) is 0 Å². The Morgan fingerprint density at radius 3 is 2.65 bits per heavy atom. The number of hydrogen-bond acceptors (Lipinski definition) is 3. The van der Waals surface area contributed by atoms with Gasteiger partial charge in [-0.3, -0.25) is 4.40 Å². The molecule has 1 aromatic carbocycles. The molecular weight excluding hydrogens is 254 g/mol. The van der Waals surface area contributed by atoms with Crippen molar-refractivity contribution in [1.82, 2.24) is 9.38 Å². The highest BCUT2D eigenvalue weighted by atomic mass is 16.4. The number of pyridine rings is 1. The summed E-state index contributed by atoms with van der Waals surface area (Å²) in [7, 11) is 1.79. The number of aromatic carboxylic acids is 1. The molecule has 5 nitrogen and oxygen atoms in total. The number of carbonyl (C=O) groups is 1. The van der Waals surface area contributed by atoms with E-state index in [-0.39, 0.29) is 5.69 Å². The van der Waals surface area contributed by atoms with E-state index in [0.717, 1.165) is 11.3 Å². The van der Waals surface area contributed by atoms with E-state index in [1.54, 1.807) is 17.5 Å². The highest BCUT2D eigenvalue weighted by molar-refractivity contribution is 5.95. The van der Waals surface area contributed by atoms with Crippen molar-refractivity contribution in [1.29, 1.82) is 0 Å². The van der Waals surface area contributed by atoms with Crippen LogP contribution in [0.5, 0.6) is 0 Å². The fourth-order valence-electron chi connectivity index (χ4n) is 2.19. The molecule has 100 valence electrons. The fourth-order valence-corrected chi connectivity index (χ4v) is 2.19. The molecule has 5 heteroatoms. The van der Waals surface area contributed by atoms with Crippen molar-refractivity contribution >= 4 is 17.2 Å². The van der Waals surface area contributed by atoms with Crippen molar-refractivity contribution in [3.05, 3.63) is 54.4 Å². The lowest BCUT2D eigenvalue weighted by Crippen LogP contribution is -1.98. The lowest BCUT2D eigenvalue weighted by Gasteiger charge is -2.03. The van der Waals surface area contributed by atoms with Crippen LogP contribution >= 0.6 is 0 Å². The van der Waals surface area contributed by atoms with Crippen LogP contribution in [0.3, 0.4) is 0 Å². The summed E-state index contributed by atoms with van der Waals surface area (Å²) in [5, 5.41) is 12.3. The van der Waals surface area contributed by atoms with Gasteiger partial charge in [0.1, 0.15) is 5.82 Å². The van der Waals surface area contributed by atoms with Crippen molar-refractivity contribution < 1.29 is 9.90 Å². The van der Waals surface area contributed by atoms with E-state index >= 15 is 0 Å². The van der Waals surface area contributed by atoms with Crippen LogP contribution in [-0.4, -0.2) is 27.5 Å². The summed E-state index contributed by atoms with van der Waals surface area (Å²) in [5.74, 6) is -0.404. The molecule has 2 aromatic heterocycles. The molecule has 0 atom stereocenters. The van der Waals surface area contributed by atoms with E-state index in [1.165, 1.54) is 0 Å². The molecule has 3 rings (SSSR count). The van der Waals surface area contributed by atoms with Crippen molar-refractivity contribution in [3.8, 4) is 11.4 Å². The summed E-state index contributed by atoms with van der Waals surface area (Å²) in [6.45, 7) is 0. The van der Waals surface area contributed by atoms with Crippen molar-refractivity contribution in [2.75, 3.05) is 12.4 Å². The topological polar surface area (TPSA) is 66.6 Å². The number of carboxylic acids is 1. The van der Waals surface area contributed by atoms with Gasteiger partial charge in [-0.2, -0.15) is 0 Å². The number of aromatic nitrogens is 2.